The van der Waals surface area contributed by atoms with Crippen molar-refractivity contribution in [3.63, 3.8) is 0 Å². The molecule has 0 bridgehead atoms. The Hall–Kier alpha value is -2.14. The van der Waals surface area contributed by atoms with Gasteiger partial charge in [-0.25, -0.2) is 4.39 Å². The number of benzene rings is 2. The second-order valence-corrected chi connectivity index (χ2v) is 5.65. The molecular formula is C16H12BrFN2O. The van der Waals surface area contributed by atoms with Crippen molar-refractivity contribution >= 4 is 32.4 Å². The van der Waals surface area contributed by atoms with E-state index >= 15 is 0 Å². The number of nitrogens with two attached hydrogens (primary N) is 1. The van der Waals surface area contributed by atoms with E-state index in [1.54, 1.807) is 24.4 Å². The average molecular weight is 347 g/mol. The maximum absolute atomic E-state index is 13.4. The SMILES string of the molecule is Cc1cc2c(Oc3cc(F)cc(Br)c3)ccc(N)c2cn1. The molecule has 0 fully saturated rings. The van der Waals surface area contributed by atoms with Crippen molar-refractivity contribution in [1.82, 2.24) is 4.98 Å². The van der Waals surface area contributed by atoms with Crippen molar-refractivity contribution in [3.8, 4) is 11.5 Å². The number of rotatable bonds is 2. The van der Waals surface area contributed by atoms with E-state index < -0.39 is 0 Å². The molecular weight excluding hydrogens is 335 g/mol. The van der Waals surface area contributed by atoms with Crippen LogP contribution in [-0.2, 0) is 0 Å². The molecule has 2 aromatic carbocycles. The second kappa shape index (κ2) is 5.33. The summed E-state index contributed by atoms with van der Waals surface area (Å²) in [5, 5.41) is 1.66. The maximum Gasteiger partial charge on any atom is 0.135 e. The highest BCUT2D eigenvalue weighted by Gasteiger charge is 2.08. The van der Waals surface area contributed by atoms with Gasteiger partial charge in [0, 0.05) is 38.9 Å². The third-order valence-electron chi connectivity index (χ3n) is 3.10. The van der Waals surface area contributed by atoms with Crippen molar-refractivity contribution in [1.29, 1.82) is 0 Å². The van der Waals surface area contributed by atoms with Gasteiger partial charge in [0.1, 0.15) is 17.3 Å². The third-order valence-corrected chi connectivity index (χ3v) is 3.55. The van der Waals surface area contributed by atoms with Crippen molar-refractivity contribution in [2.24, 2.45) is 0 Å². The summed E-state index contributed by atoms with van der Waals surface area (Å²) in [4.78, 5) is 4.24. The first kappa shape index (κ1) is 13.8. The van der Waals surface area contributed by atoms with Crippen LogP contribution in [0.4, 0.5) is 10.1 Å². The molecule has 0 radical (unpaired) electrons. The summed E-state index contributed by atoms with van der Waals surface area (Å²) in [6.07, 6.45) is 1.72. The smallest absolute Gasteiger partial charge is 0.135 e. The molecule has 0 saturated heterocycles. The molecule has 5 heteroatoms. The Labute approximate surface area is 129 Å². The van der Waals surface area contributed by atoms with Crippen LogP contribution in [0.15, 0.2) is 47.1 Å². The van der Waals surface area contributed by atoms with Crippen LogP contribution in [0.1, 0.15) is 5.69 Å². The zero-order valence-electron chi connectivity index (χ0n) is 11.2. The van der Waals surface area contributed by atoms with Gasteiger partial charge in [0.05, 0.1) is 0 Å². The fourth-order valence-corrected chi connectivity index (χ4v) is 2.59. The molecule has 0 amide bonds. The fourth-order valence-electron chi connectivity index (χ4n) is 2.14. The number of anilines is 1. The van der Waals surface area contributed by atoms with E-state index in [1.165, 1.54) is 12.1 Å². The minimum atomic E-state index is -0.364. The van der Waals surface area contributed by atoms with Crippen molar-refractivity contribution in [2.45, 2.75) is 6.92 Å². The Balaban J connectivity index is 2.12. The van der Waals surface area contributed by atoms with Crippen molar-refractivity contribution in [3.05, 3.63) is 58.6 Å². The molecule has 2 N–H and O–H groups in total. The Morgan fingerprint density at radius 1 is 1.14 bits per heavy atom. The average Bonchev–Trinajstić information content (AvgIpc) is 2.41. The van der Waals surface area contributed by atoms with E-state index in [0.29, 0.717) is 21.7 Å². The van der Waals surface area contributed by atoms with Crippen LogP contribution in [0.25, 0.3) is 10.8 Å². The number of pyridine rings is 1. The number of nitrogens with zero attached hydrogens (tertiary/aromatic N) is 1. The van der Waals surface area contributed by atoms with E-state index in [-0.39, 0.29) is 5.82 Å². The third kappa shape index (κ3) is 2.83. The Bertz CT molecular complexity index is 816. The topological polar surface area (TPSA) is 48.1 Å². The van der Waals surface area contributed by atoms with Gasteiger partial charge >= 0.3 is 0 Å². The van der Waals surface area contributed by atoms with Gasteiger partial charge in [-0.1, -0.05) is 15.9 Å². The largest absolute Gasteiger partial charge is 0.457 e. The summed E-state index contributed by atoms with van der Waals surface area (Å²) in [6.45, 7) is 1.89. The molecule has 3 aromatic rings. The number of halogens is 2. The first-order valence-corrected chi connectivity index (χ1v) is 7.11. The highest BCUT2D eigenvalue weighted by Crippen LogP contribution is 2.34. The van der Waals surface area contributed by atoms with E-state index in [2.05, 4.69) is 20.9 Å². The number of hydrogen-bond acceptors (Lipinski definition) is 3. The lowest BCUT2D eigenvalue weighted by atomic mass is 10.1. The Kier molecular flexibility index (Phi) is 3.51. The predicted molar refractivity (Wildman–Crippen MR) is 85.1 cm³/mol. The van der Waals surface area contributed by atoms with Crippen LogP contribution in [0.5, 0.6) is 11.5 Å². The first-order chi connectivity index (χ1) is 10.0. The Morgan fingerprint density at radius 2 is 1.95 bits per heavy atom. The number of hydrogen-bond donors (Lipinski definition) is 1. The number of ether oxygens (including phenoxy) is 1. The van der Waals surface area contributed by atoms with Crippen LogP contribution >= 0.6 is 15.9 Å². The van der Waals surface area contributed by atoms with Crippen LogP contribution in [0.2, 0.25) is 0 Å². The molecule has 3 nitrogen and oxygen atoms in total. The fraction of sp³-hybridized carbons (Fsp3) is 0.0625. The van der Waals surface area contributed by atoms with E-state index in [0.717, 1.165) is 16.5 Å². The van der Waals surface area contributed by atoms with Gasteiger partial charge in [0.2, 0.25) is 0 Å². The minimum Gasteiger partial charge on any atom is -0.457 e. The minimum absolute atomic E-state index is 0.364. The monoisotopic (exact) mass is 346 g/mol. The summed E-state index contributed by atoms with van der Waals surface area (Å²) in [5.41, 5.74) is 7.44. The molecule has 0 aliphatic carbocycles. The molecule has 3 rings (SSSR count). The van der Waals surface area contributed by atoms with E-state index in [1.807, 2.05) is 13.0 Å². The maximum atomic E-state index is 13.4. The summed E-state index contributed by atoms with van der Waals surface area (Å²) in [6, 6.07) is 9.84. The molecule has 0 aliphatic rings. The Morgan fingerprint density at radius 3 is 2.71 bits per heavy atom. The standard InChI is InChI=1S/C16H12BrFN2O/c1-9-4-13-14(8-20-9)15(19)2-3-16(13)21-12-6-10(17)5-11(18)7-12/h2-8H,19H2,1H3. The number of aromatic nitrogens is 1. The zero-order valence-corrected chi connectivity index (χ0v) is 12.8. The zero-order chi connectivity index (χ0) is 15.0. The van der Waals surface area contributed by atoms with E-state index in [9.17, 15) is 4.39 Å². The lowest BCUT2D eigenvalue weighted by molar-refractivity contribution is 0.481. The molecule has 21 heavy (non-hydrogen) atoms. The van der Waals surface area contributed by atoms with Gasteiger partial charge in [0.15, 0.2) is 0 Å². The summed E-state index contributed by atoms with van der Waals surface area (Å²) in [5.74, 6) is 0.668. The molecule has 0 spiro atoms. The molecule has 106 valence electrons. The van der Waals surface area contributed by atoms with E-state index in [4.69, 9.17) is 10.5 Å². The van der Waals surface area contributed by atoms with Crippen LogP contribution in [-0.4, -0.2) is 4.98 Å². The summed E-state index contributed by atoms with van der Waals surface area (Å²) in [7, 11) is 0. The highest BCUT2D eigenvalue weighted by molar-refractivity contribution is 9.10. The van der Waals surface area contributed by atoms with Gasteiger partial charge in [-0.15, -0.1) is 0 Å². The number of fused-ring (bicyclic) bond motifs is 1. The first-order valence-electron chi connectivity index (χ1n) is 6.32. The predicted octanol–water partition coefficient (Wildman–Crippen LogP) is 4.82. The number of aryl methyl sites for hydroxylation is 1. The van der Waals surface area contributed by atoms with Gasteiger partial charge in [0.25, 0.3) is 0 Å². The van der Waals surface area contributed by atoms with Gasteiger partial charge < -0.3 is 10.5 Å². The molecule has 1 heterocycles. The summed E-state index contributed by atoms with van der Waals surface area (Å²) >= 11 is 3.25. The second-order valence-electron chi connectivity index (χ2n) is 4.73. The quantitative estimate of drug-likeness (QED) is 0.676. The molecule has 0 saturated carbocycles. The van der Waals surface area contributed by atoms with Crippen molar-refractivity contribution in [2.75, 3.05) is 5.73 Å². The van der Waals surface area contributed by atoms with Gasteiger partial charge in [-0.3, -0.25) is 4.98 Å². The lowest BCUT2D eigenvalue weighted by Gasteiger charge is -2.11. The lowest BCUT2D eigenvalue weighted by Crippen LogP contribution is -1.93. The van der Waals surface area contributed by atoms with Crippen LogP contribution < -0.4 is 10.5 Å². The molecule has 0 atom stereocenters. The van der Waals surface area contributed by atoms with Crippen LogP contribution in [0, 0.1) is 12.7 Å². The highest BCUT2D eigenvalue weighted by atomic mass is 79.9. The molecule has 0 unspecified atom stereocenters. The summed E-state index contributed by atoms with van der Waals surface area (Å²) < 4.78 is 19.9. The normalized spacial score (nSPS) is 10.8. The molecule has 1 aromatic heterocycles. The van der Waals surface area contributed by atoms with Gasteiger partial charge in [-0.05, 0) is 37.3 Å². The van der Waals surface area contributed by atoms with Gasteiger partial charge in [-0.2, -0.15) is 0 Å². The molecule has 0 aliphatic heterocycles. The van der Waals surface area contributed by atoms with Crippen molar-refractivity contribution < 1.29 is 9.13 Å². The van der Waals surface area contributed by atoms with Crippen LogP contribution in [0.3, 0.4) is 0 Å². The number of nitrogen functional groups attached to an aromatic ring is 1.